The molecule has 1 aromatic carbocycles. The van der Waals surface area contributed by atoms with E-state index in [1.54, 1.807) is 18.4 Å². The summed E-state index contributed by atoms with van der Waals surface area (Å²) in [5.74, 6) is 0.909. The van der Waals surface area contributed by atoms with Crippen LogP contribution in [0.5, 0.6) is 5.75 Å². The summed E-state index contributed by atoms with van der Waals surface area (Å²) in [6.07, 6.45) is 0. The number of rotatable bonds is 1. The van der Waals surface area contributed by atoms with Crippen molar-refractivity contribution in [1.82, 2.24) is 0 Å². The van der Waals surface area contributed by atoms with Gasteiger partial charge in [0.25, 0.3) is 0 Å². The first-order valence-corrected chi connectivity index (χ1v) is 5.14. The van der Waals surface area contributed by atoms with Gasteiger partial charge in [0.15, 0.2) is 0 Å². The monoisotopic (exact) mass is 212 g/mol. The van der Waals surface area contributed by atoms with Crippen LogP contribution in [-0.4, -0.2) is 7.11 Å². The highest BCUT2D eigenvalue weighted by Crippen LogP contribution is 2.36. The summed E-state index contributed by atoms with van der Waals surface area (Å²) in [6.45, 7) is 2.05. The summed E-state index contributed by atoms with van der Waals surface area (Å²) in [5.41, 5.74) is 1.19. The quantitative estimate of drug-likeness (QED) is 0.697. The average molecular weight is 213 g/mol. The Morgan fingerprint density at radius 2 is 2.08 bits per heavy atom. The highest BCUT2D eigenvalue weighted by atomic mass is 35.5. The smallest absolute Gasteiger partial charge is 0.136 e. The molecule has 68 valence electrons. The lowest BCUT2D eigenvalue weighted by molar-refractivity contribution is 0.420. The third-order valence-corrected chi connectivity index (χ3v) is 3.21. The van der Waals surface area contributed by atoms with Crippen molar-refractivity contribution < 1.29 is 4.74 Å². The molecule has 0 spiro atoms. The minimum Gasteiger partial charge on any atom is -0.495 e. The standard InChI is InChI=1S/C10H9ClOS/c1-6-3-7-5-9(11)13-10(7)8(4-6)12-2/h3-5H,1-2H3. The maximum Gasteiger partial charge on any atom is 0.136 e. The first-order chi connectivity index (χ1) is 6.20. The fourth-order valence-electron chi connectivity index (χ4n) is 1.38. The van der Waals surface area contributed by atoms with Crippen LogP contribution in [-0.2, 0) is 0 Å². The Morgan fingerprint density at radius 1 is 1.31 bits per heavy atom. The molecular formula is C10H9ClOS. The minimum absolute atomic E-state index is 0.805. The van der Waals surface area contributed by atoms with Gasteiger partial charge < -0.3 is 4.74 Å². The van der Waals surface area contributed by atoms with Crippen molar-refractivity contribution in [2.24, 2.45) is 0 Å². The molecule has 0 fully saturated rings. The van der Waals surface area contributed by atoms with Gasteiger partial charge in [0.05, 0.1) is 16.1 Å². The van der Waals surface area contributed by atoms with E-state index in [1.165, 1.54) is 5.56 Å². The molecule has 3 heteroatoms. The van der Waals surface area contributed by atoms with Crippen molar-refractivity contribution >= 4 is 33.0 Å². The predicted octanol–water partition coefficient (Wildman–Crippen LogP) is 3.87. The summed E-state index contributed by atoms with van der Waals surface area (Å²) in [4.78, 5) is 0. The van der Waals surface area contributed by atoms with Crippen LogP contribution >= 0.6 is 22.9 Å². The van der Waals surface area contributed by atoms with E-state index in [9.17, 15) is 0 Å². The van der Waals surface area contributed by atoms with E-state index in [-0.39, 0.29) is 0 Å². The predicted molar refractivity (Wildman–Crippen MR) is 58.1 cm³/mol. The number of aryl methyl sites for hydroxylation is 1. The van der Waals surface area contributed by atoms with Gasteiger partial charge in [-0.1, -0.05) is 17.7 Å². The first-order valence-electron chi connectivity index (χ1n) is 3.94. The molecule has 1 nitrogen and oxygen atoms in total. The molecule has 1 heterocycles. The van der Waals surface area contributed by atoms with Crippen molar-refractivity contribution in [2.75, 3.05) is 7.11 Å². The zero-order chi connectivity index (χ0) is 9.42. The lowest BCUT2D eigenvalue weighted by atomic mass is 10.2. The number of methoxy groups -OCH3 is 1. The molecule has 0 aliphatic rings. The van der Waals surface area contributed by atoms with Gasteiger partial charge in [-0.2, -0.15) is 0 Å². The number of hydrogen-bond donors (Lipinski definition) is 0. The van der Waals surface area contributed by atoms with E-state index in [2.05, 4.69) is 6.07 Å². The number of ether oxygens (including phenoxy) is 1. The van der Waals surface area contributed by atoms with E-state index in [0.29, 0.717) is 0 Å². The third kappa shape index (κ3) is 1.52. The van der Waals surface area contributed by atoms with E-state index < -0.39 is 0 Å². The van der Waals surface area contributed by atoms with E-state index in [4.69, 9.17) is 16.3 Å². The highest BCUT2D eigenvalue weighted by Gasteiger charge is 2.06. The summed E-state index contributed by atoms with van der Waals surface area (Å²) in [7, 11) is 1.68. The molecule has 13 heavy (non-hydrogen) atoms. The maximum atomic E-state index is 5.93. The number of benzene rings is 1. The molecule has 0 aliphatic carbocycles. The molecule has 0 radical (unpaired) electrons. The summed E-state index contributed by atoms with van der Waals surface area (Å²) in [5, 5.41) is 1.16. The van der Waals surface area contributed by atoms with Crippen LogP contribution in [0.2, 0.25) is 4.34 Å². The van der Waals surface area contributed by atoms with Gasteiger partial charge in [-0.25, -0.2) is 0 Å². The highest BCUT2D eigenvalue weighted by molar-refractivity contribution is 7.23. The molecule has 1 aromatic heterocycles. The Bertz CT molecular complexity index is 447. The number of thiophene rings is 1. The normalized spacial score (nSPS) is 10.7. The third-order valence-electron chi connectivity index (χ3n) is 1.92. The lowest BCUT2D eigenvalue weighted by Crippen LogP contribution is -1.83. The topological polar surface area (TPSA) is 9.23 Å². The van der Waals surface area contributed by atoms with Crippen LogP contribution in [0.1, 0.15) is 5.56 Å². The Kier molecular flexibility index (Phi) is 2.18. The number of hydrogen-bond acceptors (Lipinski definition) is 2. The first kappa shape index (κ1) is 8.85. The second-order valence-electron chi connectivity index (χ2n) is 2.94. The fraction of sp³-hybridized carbons (Fsp3) is 0.200. The molecule has 2 rings (SSSR count). The molecule has 2 aromatic rings. The van der Waals surface area contributed by atoms with Crippen LogP contribution < -0.4 is 4.74 Å². The van der Waals surface area contributed by atoms with Crippen molar-refractivity contribution in [2.45, 2.75) is 6.92 Å². The number of halogens is 1. The Balaban J connectivity index is 2.80. The molecule has 0 atom stereocenters. The van der Waals surface area contributed by atoms with Gasteiger partial charge in [-0.3, -0.25) is 0 Å². The average Bonchev–Trinajstić information content (AvgIpc) is 2.43. The minimum atomic E-state index is 0.805. The van der Waals surface area contributed by atoms with Gasteiger partial charge in [0, 0.05) is 0 Å². The van der Waals surface area contributed by atoms with Crippen molar-refractivity contribution in [3.8, 4) is 5.75 Å². The van der Waals surface area contributed by atoms with Gasteiger partial charge in [0.2, 0.25) is 0 Å². The van der Waals surface area contributed by atoms with Gasteiger partial charge in [-0.05, 0) is 30.0 Å². The Hall–Kier alpha value is -0.730. The van der Waals surface area contributed by atoms with Crippen LogP contribution in [0, 0.1) is 6.92 Å². The second kappa shape index (κ2) is 3.20. The summed E-state index contributed by atoms with van der Waals surface area (Å²) in [6, 6.07) is 6.10. The van der Waals surface area contributed by atoms with Crippen LogP contribution in [0.25, 0.3) is 10.1 Å². The maximum absolute atomic E-state index is 5.93. The van der Waals surface area contributed by atoms with Crippen LogP contribution in [0.4, 0.5) is 0 Å². The molecule has 0 saturated carbocycles. The summed E-state index contributed by atoms with van der Waals surface area (Å²) >= 11 is 7.48. The van der Waals surface area contributed by atoms with Crippen LogP contribution in [0.3, 0.4) is 0 Å². The Morgan fingerprint density at radius 3 is 2.77 bits per heavy atom. The molecule has 0 N–H and O–H groups in total. The molecule has 0 unspecified atom stereocenters. The molecule has 0 aliphatic heterocycles. The molecule has 0 saturated heterocycles. The Labute approximate surface area is 85.9 Å². The second-order valence-corrected chi connectivity index (χ2v) is 4.62. The number of fused-ring (bicyclic) bond motifs is 1. The zero-order valence-corrected chi connectivity index (χ0v) is 9.00. The van der Waals surface area contributed by atoms with Crippen molar-refractivity contribution in [3.05, 3.63) is 28.1 Å². The van der Waals surface area contributed by atoms with Crippen molar-refractivity contribution in [3.63, 3.8) is 0 Å². The van der Waals surface area contributed by atoms with Gasteiger partial charge >= 0.3 is 0 Å². The lowest BCUT2D eigenvalue weighted by Gasteiger charge is -2.02. The molecule has 0 amide bonds. The van der Waals surface area contributed by atoms with E-state index in [1.807, 2.05) is 19.1 Å². The van der Waals surface area contributed by atoms with Crippen molar-refractivity contribution in [1.29, 1.82) is 0 Å². The molecular weight excluding hydrogens is 204 g/mol. The fourth-order valence-corrected chi connectivity index (χ4v) is 2.59. The largest absolute Gasteiger partial charge is 0.495 e. The molecule has 0 bridgehead atoms. The SMILES string of the molecule is COc1cc(C)cc2cc(Cl)sc12. The van der Waals surface area contributed by atoms with E-state index in [0.717, 1.165) is 20.2 Å². The van der Waals surface area contributed by atoms with Gasteiger partial charge in [0.1, 0.15) is 5.75 Å². The van der Waals surface area contributed by atoms with Gasteiger partial charge in [-0.15, -0.1) is 11.3 Å². The van der Waals surface area contributed by atoms with Crippen LogP contribution in [0.15, 0.2) is 18.2 Å². The van der Waals surface area contributed by atoms with E-state index >= 15 is 0 Å². The zero-order valence-electron chi connectivity index (χ0n) is 7.43. The summed E-state index contributed by atoms with van der Waals surface area (Å²) < 4.78 is 7.20.